The van der Waals surface area contributed by atoms with Gasteiger partial charge in [-0.2, -0.15) is 0 Å². The Hall–Kier alpha value is -1.59. The molecule has 0 aliphatic carbocycles. The number of carboxylic acids is 1. The summed E-state index contributed by atoms with van der Waals surface area (Å²) in [6.07, 6.45) is 0.647. The van der Waals surface area contributed by atoms with E-state index in [1.807, 2.05) is 0 Å². The highest BCUT2D eigenvalue weighted by Crippen LogP contribution is 2.28. The number of nitrogens with one attached hydrogen (secondary N) is 1. The van der Waals surface area contributed by atoms with Gasteiger partial charge in [0.1, 0.15) is 5.92 Å². The van der Waals surface area contributed by atoms with E-state index in [4.69, 9.17) is 0 Å². The van der Waals surface area contributed by atoms with E-state index in [0.29, 0.717) is 19.5 Å². The molecule has 6 nitrogen and oxygen atoms in total. The summed E-state index contributed by atoms with van der Waals surface area (Å²) in [4.78, 5) is 36.2. The molecule has 0 aromatic carbocycles. The minimum Gasteiger partial charge on any atom is -0.481 e. The van der Waals surface area contributed by atoms with Gasteiger partial charge in [-0.05, 0) is 11.8 Å². The Balaban J connectivity index is 2.89. The van der Waals surface area contributed by atoms with Crippen LogP contribution < -0.4 is 5.32 Å². The molecule has 2 amide bonds. The quantitative estimate of drug-likeness (QED) is 0.685. The lowest BCUT2D eigenvalue weighted by molar-refractivity contribution is -0.157. The molecule has 1 atom stereocenters. The van der Waals surface area contributed by atoms with E-state index in [-0.39, 0.29) is 12.5 Å². The number of carboxylic acid groups (broad SMARTS) is 1. The molecule has 0 radical (unpaired) electrons. The molecule has 0 aromatic heterocycles. The molecule has 2 N–H and O–H groups in total. The molecule has 0 saturated carbocycles. The molecule has 1 unspecified atom stereocenters. The van der Waals surface area contributed by atoms with E-state index < -0.39 is 23.2 Å². The third kappa shape index (κ3) is 3.45. The lowest BCUT2D eigenvalue weighted by Crippen LogP contribution is -2.47. The van der Waals surface area contributed by atoms with Crippen molar-refractivity contribution in [3.63, 3.8) is 0 Å². The third-order valence-electron chi connectivity index (χ3n) is 2.93. The second-order valence-electron chi connectivity index (χ2n) is 5.60. The van der Waals surface area contributed by atoms with Crippen LogP contribution in [0.25, 0.3) is 0 Å². The van der Waals surface area contributed by atoms with E-state index in [0.717, 1.165) is 0 Å². The molecule has 1 aliphatic rings. The summed E-state index contributed by atoms with van der Waals surface area (Å²) < 4.78 is 0. The van der Waals surface area contributed by atoms with E-state index >= 15 is 0 Å². The number of aliphatic carboxylic acids is 1. The second-order valence-corrected chi connectivity index (χ2v) is 5.60. The standard InChI is InChI=1S/C12H20N2O4/c1-12(2,3)9(11(17)18)10(16)14-6-4-5-13-8(15)7-14/h9H,4-7H2,1-3H3,(H,13,15)(H,17,18). The van der Waals surface area contributed by atoms with Crippen LogP contribution in [0.5, 0.6) is 0 Å². The van der Waals surface area contributed by atoms with E-state index in [1.165, 1.54) is 4.90 Å². The Morgan fingerprint density at radius 2 is 2.00 bits per heavy atom. The van der Waals surface area contributed by atoms with Gasteiger partial charge in [-0.1, -0.05) is 20.8 Å². The molecule has 1 aliphatic heterocycles. The van der Waals surface area contributed by atoms with Gasteiger partial charge in [0.15, 0.2) is 0 Å². The van der Waals surface area contributed by atoms with E-state index in [2.05, 4.69) is 5.32 Å². The molecule has 1 rings (SSSR count). The monoisotopic (exact) mass is 256 g/mol. The van der Waals surface area contributed by atoms with Gasteiger partial charge >= 0.3 is 5.97 Å². The van der Waals surface area contributed by atoms with Gasteiger partial charge in [-0.25, -0.2) is 0 Å². The van der Waals surface area contributed by atoms with Crippen molar-refractivity contribution in [2.24, 2.45) is 11.3 Å². The van der Waals surface area contributed by atoms with Gasteiger partial charge in [0.2, 0.25) is 11.8 Å². The summed E-state index contributed by atoms with van der Waals surface area (Å²) in [5.41, 5.74) is -0.675. The predicted octanol–water partition coefficient (Wildman–Crippen LogP) is 0.0818. The maximum atomic E-state index is 12.2. The summed E-state index contributed by atoms with van der Waals surface area (Å²) in [5, 5.41) is 11.9. The smallest absolute Gasteiger partial charge is 0.316 e. The van der Waals surface area contributed by atoms with Crippen LogP contribution in [0, 0.1) is 11.3 Å². The summed E-state index contributed by atoms with van der Waals surface area (Å²) in [6, 6.07) is 0. The van der Waals surface area contributed by atoms with Gasteiger partial charge in [0.05, 0.1) is 6.54 Å². The van der Waals surface area contributed by atoms with Crippen LogP contribution in [0.1, 0.15) is 27.2 Å². The van der Waals surface area contributed by atoms with Crippen molar-refractivity contribution < 1.29 is 19.5 Å². The van der Waals surface area contributed by atoms with Crippen molar-refractivity contribution in [3.05, 3.63) is 0 Å². The van der Waals surface area contributed by atoms with E-state index in [9.17, 15) is 19.5 Å². The zero-order chi connectivity index (χ0) is 13.9. The fourth-order valence-electron chi connectivity index (χ4n) is 2.02. The number of nitrogens with zero attached hydrogens (tertiary/aromatic N) is 1. The molecular weight excluding hydrogens is 236 g/mol. The van der Waals surface area contributed by atoms with Crippen molar-refractivity contribution in [2.45, 2.75) is 27.2 Å². The first-order chi connectivity index (χ1) is 8.23. The molecule has 1 fully saturated rings. The third-order valence-corrected chi connectivity index (χ3v) is 2.93. The van der Waals surface area contributed by atoms with Gasteiger partial charge in [-0.3, -0.25) is 14.4 Å². The first-order valence-electron chi connectivity index (χ1n) is 6.02. The van der Waals surface area contributed by atoms with Crippen LogP contribution >= 0.6 is 0 Å². The fraction of sp³-hybridized carbons (Fsp3) is 0.750. The number of carbonyl (C=O) groups is 3. The van der Waals surface area contributed by atoms with Crippen LogP contribution in [0.3, 0.4) is 0 Å². The Kier molecular flexibility index (Phi) is 4.32. The second kappa shape index (κ2) is 5.37. The molecule has 0 aromatic rings. The highest BCUT2D eigenvalue weighted by molar-refractivity contribution is 5.99. The van der Waals surface area contributed by atoms with Crippen LogP contribution in [0.15, 0.2) is 0 Å². The van der Waals surface area contributed by atoms with E-state index in [1.54, 1.807) is 20.8 Å². The topological polar surface area (TPSA) is 86.7 Å². The van der Waals surface area contributed by atoms with Gasteiger partial charge < -0.3 is 15.3 Å². The van der Waals surface area contributed by atoms with Crippen LogP contribution in [-0.4, -0.2) is 47.4 Å². The van der Waals surface area contributed by atoms with Crippen LogP contribution in [-0.2, 0) is 14.4 Å². The maximum Gasteiger partial charge on any atom is 0.316 e. The van der Waals surface area contributed by atoms with Gasteiger partial charge in [0, 0.05) is 13.1 Å². The Labute approximate surface area is 106 Å². The van der Waals surface area contributed by atoms with Gasteiger partial charge in [-0.15, -0.1) is 0 Å². The van der Waals surface area contributed by atoms with Crippen LogP contribution in [0.4, 0.5) is 0 Å². The fourth-order valence-corrected chi connectivity index (χ4v) is 2.02. The van der Waals surface area contributed by atoms with Crippen LogP contribution in [0.2, 0.25) is 0 Å². The zero-order valence-electron chi connectivity index (χ0n) is 11.0. The molecule has 0 bridgehead atoms. The maximum absolute atomic E-state index is 12.2. The highest BCUT2D eigenvalue weighted by Gasteiger charge is 2.40. The lowest BCUT2D eigenvalue weighted by Gasteiger charge is -2.30. The molecular formula is C12H20N2O4. The molecule has 6 heteroatoms. The number of hydrogen-bond donors (Lipinski definition) is 2. The van der Waals surface area contributed by atoms with Crippen molar-refractivity contribution >= 4 is 17.8 Å². The van der Waals surface area contributed by atoms with Crippen molar-refractivity contribution in [1.29, 1.82) is 0 Å². The molecule has 102 valence electrons. The Morgan fingerprint density at radius 1 is 1.39 bits per heavy atom. The highest BCUT2D eigenvalue weighted by atomic mass is 16.4. The summed E-state index contributed by atoms with van der Waals surface area (Å²) in [6.45, 7) is 6.01. The molecule has 0 spiro atoms. The van der Waals surface area contributed by atoms with Crippen molar-refractivity contribution in [2.75, 3.05) is 19.6 Å². The Morgan fingerprint density at radius 3 is 2.50 bits per heavy atom. The van der Waals surface area contributed by atoms with Crippen molar-refractivity contribution in [3.8, 4) is 0 Å². The Bertz CT molecular complexity index is 360. The van der Waals surface area contributed by atoms with Gasteiger partial charge in [0.25, 0.3) is 0 Å². The number of hydrogen-bond acceptors (Lipinski definition) is 3. The first-order valence-corrected chi connectivity index (χ1v) is 6.02. The number of rotatable bonds is 2. The summed E-state index contributed by atoms with van der Waals surface area (Å²) in [5.74, 6) is -2.98. The minimum atomic E-state index is -1.14. The molecule has 1 saturated heterocycles. The average Bonchev–Trinajstić information content (AvgIpc) is 2.39. The summed E-state index contributed by atoms with van der Waals surface area (Å²) in [7, 11) is 0. The molecule has 18 heavy (non-hydrogen) atoms. The SMILES string of the molecule is CC(C)(C)C(C(=O)O)C(=O)N1CCCNC(=O)C1. The first kappa shape index (κ1) is 14.5. The predicted molar refractivity (Wildman–Crippen MR) is 64.8 cm³/mol. The zero-order valence-corrected chi connectivity index (χ0v) is 11.0. The lowest BCUT2D eigenvalue weighted by atomic mass is 9.80. The molecule has 1 heterocycles. The number of carbonyl (C=O) groups excluding carboxylic acids is 2. The largest absolute Gasteiger partial charge is 0.481 e. The average molecular weight is 256 g/mol. The number of amides is 2. The summed E-state index contributed by atoms with van der Waals surface area (Å²) >= 11 is 0. The normalized spacial score (nSPS) is 18.8. The van der Waals surface area contributed by atoms with Crippen molar-refractivity contribution in [1.82, 2.24) is 10.2 Å². The minimum absolute atomic E-state index is 0.0569.